The Balaban J connectivity index is 1.63. The highest BCUT2D eigenvalue weighted by atomic mass is 35.5. The zero-order valence-electron chi connectivity index (χ0n) is 14.4. The van der Waals surface area contributed by atoms with Crippen LogP contribution in [0.25, 0.3) is 0 Å². The summed E-state index contributed by atoms with van der Waals surface area (Å²) in [6.45, 7) is 4.08. The Kier molecular flexibility index (Phi) is 5.29. The lowest BCUT2D eigenvalue weighted by Gasteiger charge is -2.36. The molecule has 3 N–H and O–H groups in total. The second-order valence-electron chi connectivity index (χ2n) is 6.89. The Morgan fingerprint density at radius 2 is 2.04 bits per heavy atom. The van der Waals surface area contributed by atoms with E-state index in [-0.39, 0.29) is 23.8 Å². The van der Waals surface area contributed by atoms with E-state index in [0.29, 0.717) is 28.7 Å². The number of hydrogen-bond donors (Lipinski definition) is 3. The van der Waals surface area contributed by atoms with Crippen LogP contribution < -0.4 is 16.0 Å². The van der Waals surface area contributed by atoms with E-state index < -0.39 is 18.1 Å². The van der Waals surface area contributed by atoms with Gasteiger partial charge >= 0.3 is 6.03 Å². The highest BCUT2D eigenvalue weighted by Gasteiger charge is 2.47. The zero-order chi connectivity index (χ0) is 19.0. The van der Waals surface area contributed by atoms with E-state index in [1.54, 1.807) is 17.0 Å². The standard InChI is InChI=1S/C17H20Cl2N4O3/c1-8(2)14-16(25)23-7-10(6-13(23)15(24)22-14)20-17(26)21-12-4-3-9(18)5-11(12)19/h3-5,8,10,13-14H,6-7H2,1-2H3,(H,22,24)(H2,20,21,26)/t10-,13-,14-/m0/s1. The summed E-state index contributed by atoms with van der Waals surface area (Å²) in [5.41, 5.74) is 0.429. The van der Waals surface area contributed by atoms with Crippen LogP contribution in [0.4, 0.5) is 10.5 Å². The fourth-order valence-corrected chi connectivity index (χ4v) is 3.76. The molecule has 3 atom stereocenters. The number of fused-ring (bicyclic) bond motifs is 1. The van der Waals surface area contributed by atoms with Gasteiger partial charge in [0.05, 0.1) is 16.8 Å². The topological polar surface area (TPSA) is 90.5 Å². The average molecular weight is 399 g/mol. The van der Waals surface area contributed by atoms with Crippen LogP contribution in [0.1, 0.15) is 20.3 Å². The number of benzene rings is 1. The smallest absolute Gasteiger partial charge is 0.319 e. The van der Waals surface area contributed by atoms with Crippen molar-refractivity contribution in [3.8, 4) is 0 Å². The molecule has 140 valence electrons. The van der Waals surface area contributed by atoms with Gasteiger partial charge < -0.3 is 20.9 Å². The summed E-state index contributed by atoms with van der Waals surface area (Å²) < 4.78 is 0. The van der Waals surface area contributed by atoms with E-state index in [0.717, 1.165) is 0 Å². The Morgan fingerprint density at radius 1 is 1.31 bits per heavy atom. The second-order valence-corrected chi connectivity index (χ2v) is 7.74. The van der Waals surface area contributed by atoms with Gasteiger partial charge in [0.1, 0.15) is 12.1 Å². The number of anilines is 1. The first kappa shape index (κ1) is 18.8. The first-order valence-electron chi connectivity index (χ1n) is 8.39. The number of rotatable bonds is 3. The van der Waals surface area contributed by atoms with Crippen molar-refractivity contribution in [1.29, 1.82) is 0 Å². The summed E-state index contributed by atoms with van der Waals surface area (Å²) in [6, 6.07) is 2.93. The van der Waals surface area contributed by atoms with Crippen LogP contribution in [0.15, 0.2) is 18.2 Å². The van der Waals surface area contributed by atoms with E-state index in [1.165, 1.54) is 6.07 Å². The zero-order valence-corrected chi connectivity index (χ0v) is 15.9. The van der Waals surface area contributed by atoms with Gasteiger partial charge in [0.2, 0.25) is 11.8 Å². The predicted molar refractivity (Wildman–Crippen MR) is 99.3 cm³/mol. The molecule has 2 saturated heterocycles. The molecule has 1 aromatic rings. The molecule has 4 amide bonds. The molecule has 0 aliphatic carbocycles. The Labute approximate surface area is 161 Å². The number of urea groups is 1. The van der Waals surface area contributed by atoms with Crippen molar-refractivity contribution in [3.63, 3.8) is 0 Å². The van der Waals surface area contributed by atoms with Crippen molar-refractivity contribution in [1.82, 2.24) is 15.5 Å². The number of nitrogens with one attached hydrogen (secondary N) is 3. The van der Waals surface area contributed by atoms with Crippen LogP contribution in [-0.4, -0.2) is 47.4 Å². The van der Waals surface area contributed by atoms with Crippen molar-refractivity contribution in [2.45, 2.75) is 38.4 Å². The highest BCUT2D eigenvalue weighted by molar-refractivity contribution is 6.36. The molecule has 0 aromatic heterocycles. The molecule has 0 spiro atoms. The number of hydrogen-bond acceptors (Lipinski definition) is 3. The van der Waals surface area contributed by atoms with Crippen molar-refractivity contribution < 1.29 is 14.4 Å². The van der Waals surface area contributed by atoms with Gasteiger partial charge in [-0.1, -0.05) is 37.0 Å². The fourth-order valence-electron chi connectivity index (χ4n) is 3.31. The fraction of sp³-hybridized carbons (Fsp3) is 0.471. The molecule has 2 fully saturated rings. The van der Waals surface area contributed by atoms with Crippen LogP contribution in [0, 0.1) is 5.92 Å². The minimum Gasteiger partial charge on any atom is -0.342 e. The summed E-state index contributed by atoms with van der Waals surface area (Å²) >= 11 is 11.9. The van der Waals surface area contributed by atoms with E-state index >= 15 is 0 Å². The summed E-state index contributed by atoms with van der Waals surface area (Å²) in [4.78, 5) is 38.6. The van der Waals surface area contributed by atoms with E-state index in [9.17, 15) is 14.4 Å². The van der Waals surface area contributed by atoms with Crippen LogP contribution in [-0.2, 0) is 9.59 Å². The molecule has 2 aliphatic rings. The van der Waals surface area contributed by atoms with Crippen molar-refractivity contribution in [2.24, 2.45) is 5.92 Å². The van der Waals surface area contributed by atoms with Gasteiger partial charge in [-0.05, 0) is 30.5 Å². The molecule has 2 aliphatic heterocycles. The molecular weight excluding hydrogens is 379 g/mol. The van der Waals surface area contributed by atoms with E-state index in [2.05, 4.69) is 16.0 Å². The molecule has 0 radical (unpaired) electrons. The monoisotopic (exact) mass is 398 g/mol. The summed E-state index contributed by atoms with van der Waals surface area (Å²) in [6.07, 6.45) is 0.379. The van der Waals surface area contributed by atoms with Crippen molar-refractivity contribution in [2.75, 3.05) is 11.9 Å². The molecule has 7 nitrogen and oxygen atoms in total. The molecule has 3 rings (SSSR count). The highest BCUT2D eigenvalue weighted by Crippen LogP contribution is 2.27. The molecule has 0 saturated carbocycles. The Hall–Kier alpha value is -1.99. The second kappa shape index (κ2) is 7.32. The third-order valence-corrected chi connectivity index (χ3v) is 5.18. The molecule has 26 heavy (non-hydrogen) atoms. The van der Waals surface area contributed by atoms with Gasteiger partial charge in [-0.25, -0.2) is 4.79 Å². The maximum atomic E-state index is 12.5. The number of halogens is 2. The number of carbonyl (C=O) groups is 3. The normalized spacial score (nSPS) is 25.1. The third-order valence-electron chi connectivity index (χ3n) is 4.63. The SMILES string of the molecule is CC(C)[C@@H]1NC(=O)[C@@H]2C[C@H](NC(=O)Nc3ccc(Cl)cc3Cl)CN2C1=O. The molecule has 2 heterocycles. The van der Waals surface area contributed by atoms with Crippen LogP contribution in [0.5, 0.6) is 0 Å². The van der Waals surface area contributed by atoms with Crippen LogP contribution >= 0.6 is 23.2 Å². The average Bonchev–Trinajstić information content (AvgIpc) is 2.98. The molecule has 0 bridgehead atoms. The molecular formula is C17H20Cl2N4O3. The van der Waals surface area contributed by atoms with Gasteiger partial charge in [-0.15, -0.1) is 0 Å². The summed E-state index contributed by atoms with van der Waals surface area (Å²) in [5.74, 6) is -0.265. The van der Waals surface area contributed by atoms with E-state index in [1.807, 2.05) is 13.8 Å². The maximum absolute atomic E-state index is 12.5. The quantitative estimate of drug-likeness (QED) is 0.728. The first-order chi connectivity index (χ1) is 12.3. The minimum atomic E-state index is -0.540. The van der Waals surface area contributed by atoms with E-state index in [4.69, 9.17) is 23.2 Å². The van der Waals surface area contributed by atoms with Gasteiger partial charge in [0.25, 0.3) is 0 Å². The van der Waals surface area contributed by atoms with Crippen LogP contribution in [0.2, 0.25) is 10.0 Å². The molecule has 9 heteroatoms. The summed E-state index contributed by atoms with van der Waals surface area (Å²) in [5, 5.41) is 9.02. The lowest BCUT2D eigenvalue weighted by atomic mass is 9.98. The number of carbonyl (C=O) groups excluding carboxylic acids is 3. The van der Waals surface area contributed by atoms with Gasteiger partial charge in [0, 0.05) is 11.6 Å². The Bertz CT molecular complexity index is 756. The number of nitrogens with zero attached hydrogens (tertiary/aromatic N) is 1. The third kappa shape index (κ3) is 3.73. The summed E-state index contributed by atoms with van der Waals surface area (Å²) in [7, 11) is 0. The first-order valence-corrected chi connectivity index (χ1v) is 9.15. The Morgan fingerprint density at radius 3 is 2.69 bits per heavy atom. The maximum Gasteiger partial charge on any atom is 0.319 e. The lowest BCUT2D eigenvalue weighted by molar-refractivity contribution is -0.148. The molecule has 1 aromatic carbocycles. The van der Waals surface area contributed by atoms with Gasteiger partial charge in [-0.3, -0.25) is 9.59 Å². The minimum absolute atomic E-state index is 0.00903. The number of amides is 4. The largest absolute Gasteiger partial charge is 0.342 e. The van der Waals surface area contributed by atoms with Gasteiger partial charge in [0.15, 0.2) is 0 Å². The van der Waals surface area contributed by atoms with Gasteiger partial charge in [-0.2, -0.15) is 0 Å². The van der Waals surface area contributed by atoms with Crippen molar-refractivity contribution >= 4 is 46.7 Å². The molecule has 0 unspecified atom stereocenters. The van der Waals surface area contributed by atoms with Crippen molar-refractivity contribution in [3.05, 3.63) is 28.2 Å². The lowest BCUT2D eigenvalue weighted by Crippen LogP contribution is -2.62. The predicted octanol–water partition coefficient (Wildman–Crippen LogP) is 2.24. The number of piperazine rings is 1. The van der Waals surface area contributed by atoms with Crippen LogP contribution in [0.3, 0.4) is 0 Å².